The predicted octanol–water partition coefficient (Wildman–Crippen LogP) is 3.31. The van der Waals surface area contributed by atoms with E-state index in [1.807, 2.05) is 0 Å². The summed E-state index contributed by atoms with van der Waals surface area (Å²) in [6.45, 7) is 3.35. The van der Waals surface area contributed by atoms with Gasteiger partial charge in [0.2, 0.25) is 0 Å². The molecule has 142 valence electrons. The van der Waals surface area contributed by atoms with Crippen molar-refractivity contribution < 1.29 is 13.5 Å². The van der Waals surface area contributed by atoms with Crippen LogP contribution in [-0.2, 0) is 4.74 Å². The highest BCUT2D eigenvalue weighted by Crippen LogP contribution is 2.34. The Bertz CT molecular complexity index is 838. The number of benzene rings is 1. The van der Waals surface area contributed by atoms with Gasteiger partial charge in [-0.15, -0.1) is 0 Å². The lowest BCUT2D eigenvalue weighted by molar-refractivity contribution is 0.130. The Balaban J connectivity index is 1.91. The normalized spacial score (nSPS) is 15.6. The lowest BCUT2D eigenvalue weighted by Crippen LogP contribution is -2.35. The number of rotatable bonds is 5. The van der Waals surface area contributed by atoms with Gasteiger partial charge in [0.25, 0.3) is 0 Å². The van der Waals surface area contributed by atoms with Crippen molar-refractivity contribution in [1.82, 2.24) is 9.88 Å². The van der Waals surface area contributed by atoms with E-state index >= 15 is 0 Å². The van der Waals surface area contributed by atoms with Crippen LogP contribution >= 0.6 is 0 Å². The molecule has 3 rings (SSSR count). The maximum absolute atomic E-state index is 13.6. The fourth-order valence-corrected chi connectivity index (χ4v) is 3.57. The molecule has 0 saturated carbocycles. The number of ether oxygens (including phenoxy) is 1. The van der Waals surface area contributed by atoms with E-state index in [0.717, 1.165) is 44.1 Å². The highest BCUT2D eigenvalue weighted by molar-refractivity contribution is 5.67. The summed E-state index contributed by atoms with van der Waals surface area (Å²) in [5.41, 5.74) is 7.84. The summed E-state index contributed by atoms with van der Waals surface area (Å²) >= 11 is 0. The van der Waals surface area contributed by atoms with Gasteiger partial charge in [0.05, 0.1) is 17.9 Å². The zero-order chi connectivity index (χ0) is 19.4. The molecule has 5 nitrogen and oxygen atoms in total. The first-order valence-electron chi connectivity index (χ1n) is 8.90. The summed E-state index contributed by atoms with van der Waals surface area (Å²) in [4.78, 5) is 6.52. The molecule has 1 aromatic heterocycles. The van der Waals surface area contributed by atoms with Gasteiger partial charge >= 0.3 is 0 Å². The molecule has 27 heavy (non-hydrogen) atoms. The Morgan fingerprint density at radius 1 is 1.22 bits per heavy atom. The van der Waals surface area contributed by atoms with E-state index in [1.54, 1.807) is 13.2 Å². The van der Waals surface area contributed by atoms with Gasteiger partial charge in [-0.1, -0.05) is 0 Å². The summed E-state index contributed by atoms with van der Waals surface area (Å²) in [6, 6.07) is 7.13. The maximum Gasteiger partial charge on any atom is 0.142 e. The van der Waals surface area contributed by atoms with E-state index in [1.165, 1.54) is 12.1 Å². The number of nitrogen functional groups attached to an aromatic ring is 1. The van der Waals surface area contributed by atoms with Gasteiger partial charge in [0.15, 0.2) is 0 Å². The maximum atomic E-state index is 13.6. The quantitative estimate of drug-likeness (QED) is 0.872. The minimum absolute atomic E-state index is 0.0940. The predicted molar refractivity (Wildman–Crippen MR) is 99.0 cm³/mol. The number of nitriles is 1. The molecular formula is C20H22F2N4O. The molecule has 0 atom stereocenters. The van der Waals surface area contributed by atoms with E-state index in [4.69, 9.17) is 10.5 Å². The zero-order valence-electron chi connectivity index (χ0n) is 15.2. The SMILES string of the molecule is COCCN1CCC(c2cc(-c3cc(F)cc(F)c3)nc(N)c2C#N)CC1. The number of anilines is 1. The molecule has 0 bridgehead atoms. The largest absolute Gasteiger partial charge is 0.383 e. The van der Waals surface area contributed by atoms with Gasteiger partial charge in [-0.3, -0.25) is 0 Å². The zero-order valence-corrected chi connectivity index (χ0v) is 15.2. The molecule has 1 aliphatic rings. The molecule has 0 amide bonds. The second-order valence-electron chi connectivity index (χ2n) is 6.74. The van der Waals surface area contributed by atoms with Gasteiger partial charge < -0.3 is 15.4 Å². The molecule has 2 aromatic rings. The molecule has 0 radical (unpaired) electrons. The average Bonchev–Trinajstić information content (AvgIpc) is 2.65. The van der Waals surface area contributed by atoms with E-state index < -0.39 is 11.6 Å². The minimum atomic E-state index is -0.678. The van der Waals surface area contributed by atoms with E-state index in [2.05, 4.69) is 16.0 Å². The van der Waals surface area contributed by atoms with Crippen LogP contribution in [0.1, 0.15) is 29.9 Å². The molecule has 1 aliphatic heterocycles. The number of nitrogens with two attached hydrogens (primary N) is 1. The third-order valence-electron chi connectivity index (χ3n) is 4.99. The van der Waals surface area contributed by atoms with Crippen LogP contribution in [0.4, 0.5) is 14.6 Å². The molecule has 1 fully saturated rings. The number of hydrogen-bond donors (Lipinski definition) is 1. The van der Waals surface area contributed by atoms with Crippen LogP contribution in [0.3, 0.4) is 0 Å². The number of pyridine rings is 1. The number of methoxy groups -OCH3 is 1. The van der Waals surface area contributed by atoms with E-state index in [9.17, 15) is 14.0 Å². The van der Waals surface area contributed by atoms with Crippen LogP contribution in [0.2, 0.25) is 0 Å². The summed E-state index contributed by atoms with van der Waals surface area (Å²) in [6.07, 6.45) is 1.75. The molecule has 0 unspecified atom stereocenters. The van der Waals surface area contributed by atoms with Crippen molar-refractivity contribution in [2.45, 2.75) is 18.8 Å². The first-order valence-corrected chi connectivity index (χ1v) is 8.90. The number of nitrogens with zero attached hydrogens (tertiary/aromatic N) is 3. The molecule has 0 aliphatic carbocycles. The molecule has 1 aromatic carbocycles. The first kappa shape index (κ1) is 19.2. The number of halogens is 2. The van der Waals surface area contributed by atoms with Crippen LogP contribution < -0.4 is 5.73 Å². The Morgan fingerprint density at radius 2 is 1.89 bits per heavy atom. The number of hydrogen-bond acceptors (Lipinski definition) is 5. The van der Waals surface area contributed by atoms with Gasteiger partial charge in [-0.25, -0.2) is 13.8 Å². The number of piperidine rings is 1. The second kappa shape index (κ2) is 8.42. The third-order valence-corrected chi connectivity index (χ3v) is 4.99. The molecular weight excluding hydrogens is 350 g/mol. The average molecular weight is 372 g/mol. The van der Waals surface area contributed by atoms with Gasteiger partial charge in [0.1, 0.15) is 23.5 Å². The lowest BCUT2D eigenvalue weighted by atomic mass is 9.86. The lowest BCUT2D eigenvalue weighted by Gasteiger charge is -2.32. The van der Waals surface area contributed by atoms with Crippen LogP contribution in [0, 0.1) is 23.0 Å². The summed E-state index contributed by atoms with van der Waals surface area (Å²) < 4.78 is 32.3. The summed E-state index contributed by atoms with van der Waals surface area (Å²) in [5.74, 6) is -1.11. The first-order chi connectivity index (χ1) is 13.0. The van der Waals surface area contributed by atoms with Crippen molar-refractivity contribution in [3.05, 3.63) is 47.0 Å². The Morgan fingerprint density at radius 3 is 2.48 bits per heavy atom. The van der Waals surface area contributed by atoms with E-state index in [0.29, 0.717) is 23.4 Å². The summed E-state index contributed by atoms with van der Waals surface area (Å²) in [7, 11) is 1.68. The van der Waals surface area contributed by atoms with Crippen molar-refractivity contribution in [3.63, 3.8) is 0 Å². The van der Waals surface area contributed by atoms with Crippen molar-refractivity contribution in [2.24, 2.45) is 0 Å². The van der Waals surface area contributed by atoms with Gasteiger partial charge in [-0.05, 0) is 55.6 Å². The molecule has 2 N–H and O–H groups in total. The fraction of sp³-hybridized carbons (Fsp3) is 0.400. The molecule has 1 saturated heterocycles. The molecule has 2 heterocycles. The van der Waals surface area contributed by atoms with Crippen LogP contribution in [0.15, 0.2) is 24.3 Å². The minimum Gasteiger partial charge on any atom is -0.383 e. The topological polar surface area (TPSA) is 75.2 Å². The number of aromatic nitrogens is 1. The smallest absolute Gasteiger partial charge is 0.142 e. The van der Waals surface area contributed by atoms with Crippen molar-refractivity contribution in [2.75, 3.05) is 39.1 Å². The second-order valence-corrected chi connectivity index (χ2v) is 6.74. The number of likely N-dealkylation sites (tertiary alicyclic amines) is 1. The molecule has 7 heteroatoms. The Labute approximate surface area is 157 Å². The van der Waals surface area contributed by atoms with Gasteiger partial charge in [0, 0.05) is 25.3 Å². The van der Waals surface area contributed by atoms with Crippen LogP contribution in [-0.4, -0.2) is 43.2 Å². The third kappa shape index (κ3) is 4.41. The van der Waals surface area contributed by atoms with Crippen LogP contribution in [0.25, 0.3) is 11.3 Å². The summed E-state index contributed by atoms with van der Waals surface area (Å²) in [5, 5.41) is 9.53. The Kier molecular flexibility index (Phi) is 5.99. The van der Waals surface area contributed by atoms with E-state index in [-0.39, 0.29) is 11.7 Å². The highest BCUT2D eigenvalue weighted by Gasteiger charge is 2.25. The Hall–Kier alpha value is -2.56. The monoisotopic (exact) mass is 372 g/mol. The van der Waals surface area contributed by atoms with Gasteiger partial charge in [-0.2, -0.15) is 5.26 Å². The fourth-order valence-electron chi connectivity index (χ4n) is 3.57. The van der Waals surface area contributed by atoms with Crippen LogP contribution in [0.5, 0.6) is 0 Å². The highest BCUT2D eigenvalue weighted by atomic mass is 19.1. The standard InChI is InChI=1S/C20H22F2N4O/c1-27-7-6-26-4-2-13(3-5-26)17-11-19(25-20(24)18(17)12-23)14-8-15(21)10-16(22)9-14/h8-11,13H,2-7H2,1H3,(H2,24,25). The van der Waals surface area contributed by atoms with Crippen molar-refractivity contribution in [1.29, 1.82) is 5.26 Å². The van der Waals surface area contributed by atoms with Crippen molar-refractivity contribution >= 4 is 5.82 Å². The van der Waals surface area contributed by atoms with Crippen molar-refractivity contribution in [3.8, 4) is 17.3 Å². The molecule has 0 spiro atoms.